The third kappa shape index (κ3) is 4.11. The molecule has 22 heavy (non-hydrogen) atoms. The molecule has 1 heterocycles. The van der Waals surface area contributed by atoms with Crippen molar-refractivity contribution in [3.8, 4) is 5.75 Å². The molecule has 2 N–H and O–H groups in total. The van der Waals surface area contributed by atoms with E-state index >= 15 is 0 Å². The number of hydrogen-bond donors (Lipinski definition) is 1. The number of benzene rings is 1. The lowest BCUT2D eigenvalue weighted by Crippen LogP contribution is -2.14. The van der Waals surface area contributed by atoms with Gasteiger partial charge < -0.3 is 10.5 Å². The van der Waals surface area contributed by atoms with Crippen molar-refractivity contribution in [2.24, 2.45) is 5.73 Å². The van der Waals surface area contributed by atoms with Crippen LogP contribution in [-0.2, 0) is 6.18 Å². The zero-order valence-electron chi connectivity index (χ0n) is 11.5. The molecule has 2 aromatic rings. The van der Waals surface area contributed by atoms with Gasteiger partial charge in [-0.25, -0.2) is 0 Å². The number of aromatic nitrogens is 1. The number of rotatable bonds is 5. The molecule has 0 radical (unpaired) electrons. The lowest BCUT2D eigenvalue weighted by Gasteiger charge is -2.20. The van der Waals surface area contributed by atoms with Crippen molar-refractivity contribution in [2.75, 3.05) is 6.54 Å². The van der Waals surface area contributed by atoms with Gasteiger partial charge in [0.1, 0.15) is 11.9 Å². The minimum atomic E-state index is -4.46. The Kier molecular flexibility index (Phi) is 5.26. The van der Waals surface area contributed by atoms with Crippen molar-refractivity contribution in [2.45, 2.75) is 18.7 Å². The lowest BCUT2D eigenvalue weighted by atomic mass is 10.1. The lowest BCUT2D eigenvalue weighted by molar-refractivity contribution is -0.137. The van der Waals surface area contributed by atoms with Crippen LogP contribution in [0.3, 0.4) is 0 Å². The molecule has 1 aromatic heterocycles. The predicted molar refractivity (Wildman–Crippen MR) is 77.7 cm³/mol. The van der Waals surface area contributed by atoms with E-state index in [4.69, 9.17) is 22.1 Å². The van der Waals surface area contributed by atoms with Crippen LogP contribution in [0.2, 0.25) is 5.02 Å². The summed E-state index contributed by atoms with van der Waals surface area (Å²) in [7, 11) is 0. The molecule has 0 bridgehead atoms. The van der Waals surface area contributed by atoms with E-state index < -0.39 is 17.8 Å². The van der Waals surface area contributed by atoms with Crippen LogP contribution in [0.1, 0.15) is 23.7 Å². The monoisotopic (exact) mass is 330 g/mol. The third-order valence-electron chi connectivity index (χ3n) is 3.01. The SMILES string of the molecule is NCCC(Oc1cc(C(F)(F)F)ccc1Cl)c1cccnc1. The molecule has 1 aromatic carbocycles. The van der Waals surface area contributed by atoms with Gasteiger partial charge in [-0.2, -0.15) is 13.2 Å². The van der Waals surface area contributed by atoms with Gasteiger partial charge in [-0.05, 0) is 30.8 Å². The number of nitrogens with two attached hydrogens (primary N) is 1. The quantitative estimate of drug-likeness (QED) is 0.892. The van der Waals surface area contributed by atoms with Gasteiger partial charge in [-0.3, -0.25) is 4.98 Å². The van der Waals surface area contributed by atoms with Crippen molar-refractivity contribution in [3.63, 3.8) is 0 Å². The molecule has 0 saturated heterocycles. The number of hydrogen-bond acceptors (Lipinski definition) is 3. The summed E-state index contributed by atoms with van der Waals surface area (Å²) < 4.78 is 44.0. The molecule has 2 rings (SSSR count). The summed E-state index contributed by atoms with van der Waals surface area (Å²) in [5.74, 6) is -0.0289. The fourth-order valence-electron chi connectivity index (χ4n) is 1.93. The second kappa shape index (κ2) is 6.98. The first-order chi connectivity index (χ1) is 10.4. The van der Waals surface area contributed by atoms with E-state index in [0.29, 0.717) is 13.0 Å². The van der Waals surface area contributed by atoms with Crippen LogP contribution in [0.4, 0.5) is 13.2 Å². The van der Waals surface area contributed by atoms with Gasteiger partial charge in [0.05, 0.1) is 10.6 Å². The van der Waals surface area contributed by atoms with Gasteiger partial charge >= 0.3 is 6.18 Å². The number of halogens is 4. The Balaban J connectivity index is 2.30. The Morgan fingerprint density at radius 2 is 2.05 bits per heavy atom. The zero-order valence-corrected chi connectivity index (χ0v) is 12.2. The van der Waals surface area contributed by atoms with E-state index in [0.717, 1.165) is 17.7 Å². The normalized spacial score (nSPS) is 13.0. The van der Waals surface area contributed by atoms with Gasteiger partial charge in [0.2, 0.25) is 0 Å². The summed E-state index contributed by atoms with van der Waals surface area (Å²) in [6.07, 6.45) is -1.36. The maximum atomic E-state index is 12.8. The molecule has 0 fully saturated rings. The first-order valence-corrected chi connectivity index (χ1v) is 6.93. The maximum Gasteiger partial charge on any atom is 0.416 e. The second-order valence-electron chi connectivity index (χ2n) is 4.61. The molecule has 0 aliphatic rings. The molecule has 0 saturated carbocycles. The van der Waals surface area contributed by atoms with E-state index in [2.05, 4.69) is 4.98 Å². The summed E-state index contributed by atoms with van der Waals surface area (Å²) in [5, 5.41) is 0.110. The summed E-state index contributed by atoms with van der Waals surface area (Å²) >= 11 is 5.94. The Labute approximate surface area is 130 Å². The van der Waals surface area contributed by atoms with E-state index in [-0.39, 0.29) is 10.8 Å². The molecular weight excluding hydrogens is 317 g/mol. The highest BCUT2D eigenvalue weighted by Gasteiger charge is 2.31. The molecule has 0 aliphatic carbocycles. The summed E-state index contributed by atoms with van der Waals surface area (Å²) in [5.41, 5.74) is 5.45. The Morgan fingerprint density at radius 3 is 2.64 bits per heavy atom. The van der Waals surface area contributed by atoms with Crippen LogP contribution in [-0.4, -0.2) is 11.5 Å². The van der Waals surface area contributed by atoms with E-state index in [1.54, 1.807) is 24.5 Å². The Morgan fingerprint density at radius 1 is 1.27 bits per heavy atom. The van der Waals surface area contributed by atoms with Crippen LogP contribution >= 0.6 is 11.6 Å². The van der Waals surface area contributed by atoms with Crippen LogP contribution in [0.15, 0.2) is 42.7 Å². The van der Waals surface area contributed by atoms with Gasteiger partial charge in [-0.15, -0.1) is 0 Å². The highest BCUT2D eigenvalue weighted by atomic mass is 35.5. The molecule has 0 spiro atoms. The van der Waals surface area contributed by atoms with E-state index in [9.17, 15) is 13.2 Å². The highest BCUT2D eigenvalue weighted by Crippen LogP contribution is 2.37. The zero-order chi connectivity index (χ0) is 16.2. The molecule has 0 amide bonds. The van der Waals surface area contributed by atoms with E-state index in [1.807, 2.05) is 0 Å². The summed E-state index contributed by atoms with van der Waals surface area (Å²) in [4.78, 5) is 3.97. The molecule has 1 atom stereocenters. The minimum absolute atomic E-state index is 0.0289. The average Bonchev–Trinajstić information content (AvgIpc) is 2.48. The van der Waals surface area contributed by atoms with E-state index in [1.165, 1.54) is 6.07 Å². The standard InChI is InChI=1S/C15H14ClF3N2O/c16-12-4-3-11(15(17,18)19)8-14(12)22-13(5-6-20)10-2-1-7-21-9-10/h1-4,7-9,13H,5-6,20H2. The topological polar surface area (TPSA) is 48.1 Å². The van der Waals surface area contributed by atoms with Crippen molar-refractivity contribution in [3.05, 3.63) is 58.9 Å². The second-order valence-corrected chi connectivity index (χ2v) is 5.02. The van der Waals surface area contributed by atoms with Gasteiger partial charge in [0.15, 0.2) is 0 Å². The summed E-state index contributed by atoms with van der Waals surface area (Å²) in [6, 6.07) is 6.46. The van der Waals surface area contributed by atoms with Crippen LogP contribution in [0, 0.1) is 0 Å². The smallest absolute Gasteiger partial charge is 0.416 e. The molecular formula is C15H14ClF3N2O. The average molecular weight is 331 g/mol. The van der Waals surface area contributed by atoms with Crippen LogP contribution in [0.25, 0.3) is 0 Å². The van der Waals surface area contributed by atoms with Crippen molar-refractivity contribution >= 4 is 11.6 Å². The number of nitrogens with zero attached hydrogens (tertiary/aromatic N) is 1. The third-order valence-corrected chi connectivity index (χ3v) is 3.33. The first-order valence-electron chi connectivity index (χ1n) is 6.55. The van der Waals surface area contributed by atoms with Gasteiger partial charge in [0.25, 0.3) is 0 Å². The fraction of sp³-hybridized carbons (Fsp3) is 0.267. The fourth-order valence-corrected chi connectivity index (χ4v) is 2.10. The molecule has 3 nitrogen and oxygen atoms in total. The number of alkyl halides is 3. The Bertz CT molecular complexity index is 620. The van der Waals surface area contributed by atoms with Crippen molar-refractivity contribution in [1.82, 2.24) is 4.98 Å². The first kappa shape index (κ1) is 16.6. The van der Waals surface area contributed by atoms with Crippen LogP contribution in [0.5, 0.6) is 5.75 Å². The number of ether oxygens (including phenoxy) is 1. The maximum absolute atomic E-state index is 12.8. The molecule has 118 valence electrons. The van der Waals surface area contributed by atoms with Crippen LogP contribution < -0.4 is 10.5 Å². The highest BCUT2D eigenvalue weighted by molar-refractivity contribution is 6.32. The summed E-state index contributed by atoms with van der Waals surface area (Å²) in [6.45, 7) is 0.316. The van der Waals surface area contributed by atoms with Gasteiger partial charge in [0, 0.05) is 24.4 Å². The molecule has 1 unspecified atom stereocenters. The molecule has 0 aliphatic heterocycles. The number of pyridine rings is 1. The van der Waals surface area contributed by atoms with Crippen molar-refractivity contribution in [1.29, 1.82) is 0 Å². The minimum Gasteiger partial charge on any atom is -0.484 e. The predicted octanol–water partition coefficient (Wildman–Crippen LogP) is 4.22. The van der Waals surface area contributed by atoms with Gasteiger partial charge in [-0.1, -0.05) is 17.7 Å². The largest absolute Gasteiger partial charge is 0.484 e. The van der Waals surface area contributed by atoms with Crippen molar-refractivity contribution < 1.29 is 17.9 Å². The molecule has 7 heteroatoms. The Hall–Kier alpha value is -1.79.